The summed E-state index contributed by atoms with van der Waals surface area (Å²) in [5.41, 5.74) is 0. The van der Waals surface area contributed by atoms with E-state index in [4.69, 9.17) is 9.05 Å². The summed E-state index contributed by atoms with van der Waals surface area (Å²) in [6.45, 7) is 4.84. The van der Waals surface area contributed by atoms with Crippen LogP contribution in [-0.2, 0) is 18.4 Å². The van der Waals surface area contributed by atoms with E-state index >= 15 is 0 Å². The van der Waals surface area contributed by atoms with Gasteiger partial charge in [0.15, 0.2) is 0 Å². The summed E-state index contributed by atoms with van der Waals surface area (Å²) in [5, 5.41) is 13.9. The smallest absolute Gasteiger partial charge is 0.391 e. The van der Waals surface area contributed by atoms with Crippen LogP contribution in [0.25, 0.3) is 0 Å². The maximum atomic E-state index is 12.9. The molecule has 0 aromatic carbocycles. The third-order valence-electron chi connectivity index (χ3n) is 13.4. The lowest BCUT2D eigenvalue weighted by Crippen LogP contribution is -2.46. The quantitative estimate of drug-likeness (QED) is 0.0243. The number of likely N-dealkylation sites (N-methyl/N-ethyl adjacent to an activating group) is 1. The molecule has 0 radical (unpaired) electrons. The second kappa shape index (κ2) is 50.7. The van der Waals surface area contributed by atoms with Crippen LogP contribution in [0.1, 0.15) is 284 Å². The predicted octanol–water partition coefficient (Wildman–Crippen LogP) is 17.8. The number of hydrogen-bond acceptors (Lipinski definition) is 5. The standard InChI is InChI=1S/C59H115N2O6P/c1-6-8-10-12-14-15-16-17-18-19-20-21-22-23-24-25-26-27-28-29-30-31-32-33-34-35-36-37-38-39-40-41-42-43-44-45-47-49-51-53-59(63)60-57(58(62)52-50-48-46-13-11-9-7-2)56-67-68(64,65)66-55-54-61(3,4)5/h16-17,19-20,22-23,57-58,62H,6-15,18,21,24-56H2,1-5H3,(H-,60,63,64,65)/p+1/b17-16-,20-19-,23-22-. The van der Waals surface area contributed by atoms with Crippen molar-refractivity contribution in [3.05, 3.63) is 36.5 Å². The number of nitrogens with one attached hydrogen (secondary N) is 1. The highest BCUT2D eigenvalue weighted by Crippen LogP contribution is 2.43. The molecule has 0 aromatic rings. The predicted molar refractivity (Wildman–Crippen MR) is 295 cm³/mol. The molecule has 0 aliphatic carbocycles. The Bertz CT molecular complexity index is 1200. The maximum Gasteiger partial charge on any atom is 0.472 e. The summed E-state index contributed by atoms with van der Waals surface area (Å²) in [7, 11) is 1.62. The molecule has 0 aromatic heterocycles. The van der Waals surface area contributed by atoms with Crippen molar-refractivity contribution in [2.75, 3.05) is 40.9 Å². The molecule has 1 amide bonds. The van der Waals surface area contributed by atoms with E-state index in [1.54, 1.807) is 0 Å². The van der Waals surface area contributed by atoms with Crippen molar-refractivity contribution in [3.63, 3.8) is 0 Å². The van der Waals surface area contributed by atoms with Crippen LogP contribution < -0.4 is 5.32 Å². The molecule has 3 N–H and O–H groups in total. The number of carbonyl (C=O) groups excluding carboxylic acids is 1. The lowest BCUT2D eigenvalue weighted by Gasteiger charge is -2.26. The highest BCUT2D eigenvalue weighted by molar-refractivity contribution is 7.47. The Labute approximate surface area is 423 Å². The number of hydrogen-bond donors (Lipinski definition) is 3. The van der Waals surface area contributed by atoms with Gasteiger partial charge in [0.05, 0.1) is 39.9 Å². The molecule has 0 saturated heterocycles. The van der Waals surface area contributed by atoms with Crippen molar-refractivity contribution in [3.8, 4) is 0 Å². The molecular formula is C59H116N2O6P+. The number of phosphoric ester groups is 1. The molecule has 0 fully saturated rings. The molecule has 3 atom stereocenters. The Morgan fingerprint density at radius 1 is 0.500 bits per heavy atom. The van der Waals surface area contributed by atoms with Gasteiger partial charge in [-0.15, -0.1) is 0 Å². The molecule has 9 heteroatoms. The number of allylic oxidation sites excluding steroid dienone is 6. The van der Waals surface area contributed by atoms with E-state index in [2.05, 4.69) is 55.6 Å². The summed E-state index contributed by atoms with van der Waals surface area (Å²) in [4.78, 5) is 23.1. The van der Waals surface area contributed by atoms with Crippen LogP contribution in [0.15, 0.2) is 36.5 Å². The number of aliphatic hydroxyl groups excluding tert-OH is 1. The number of unbranched alkanes of at least 4 members (excludes halogenated alkanes) is 35. The van der Waals surface area contributed by atoms with Crippen molar-refractivity contribution in [2.24, 2.45) is 0 Å². The van der Waals surface area contributed by atoms with Gasteiger partial charge in [0.2, 0.25) is 5.91 Å². The highest BCUT2D eigenvalue weighted by atomic mass is 31.2. The Hall–Kier alpha value is -1.28. The molecule has 0 spiro atoms. The number of amides is 1. The van der Waals surface area contributed by atoms with E-state index in [-0.39, 0.29) is 19.1 Å². The van der Waals surface area contributed by atoms with Crippen LogP contribution in [0.5, 0.6) is 0 Å². The minimum Gasteiger partial charge on any atom is -0.391 e. The average molecular weight is 981 g/mol. The van der Waals surface area contributed by atoms with E-state index in [9.17, 15) is 19.4 Å². The minimum absolute atomic E-state index is 0.0760. The Morgan fingerprint density at radius 2 is 0.838 bits per heavy atom. The van der Waals surface area contributed by atoms with E-state index in [1.807, 2.05) is 21.1 Å². The third-order valence-corrected chi connectivity index (χ3v) is 14.4. The van der Waals surface area contributed by atoms with Crippen molar-refractivity contribution in [1.82, 2.24) is 5.32 Å². The third kappa shape index (κ3) is 52.5. The van der Waals surface area contributed by atoms with Crippen LogP contribution >= 0.6 is 7.82 Å². The van der Waals surface area contributed by atoms with Crippen LogP contribution in [-0.4, -0.2) is 73.4 Å². The molecule has 0 aliphatic rings. The van der Waals surface area contributed by atoms with Gasteiger partial charge in [-0.05, 0) is 51.4 Å². The molecule has 0 rings (SSSR count). The second-order valence-corrected chi connectivity index (χ2v) is 22.8. The average Bonchev–Trinajstić information content (AvgIpc) is 3.30. The van der Waals surface area contributed by atoms with Crippen molar-refractivity contribution in [2.45, 2.75) is 296 Å². The van der Waals surface area contributed by atoms with E-state index in [1.165, 1.54) is 205 Å². The van der Waals surface area contributed by atoms with Gasteiger partial charge >= 0.3 is 7.82 Å². The summed E-state index contributed by atoms with van der Waals surface area (Å²) >= 11 is 0. The first-order valence-electron chi connectivity index (χ1n) is 29.4. The van der Waals surface area contributed by atoms with Crippen LogP contribution in [0.4, 0.5) is 0 Å². The van der Waals surface area contributed by atoms with Gasteiger partial charge in [-0.1, -0.05) is 262 Å². The topological polar surface area (TPSA) is 105 Å². The SMILES string of the molecule is CCCCCCC/C=C\C/C=C\C/C=C\CCCCCCCCCCCCCCCCCCCCCCCCCCC(=O)NC(COP(=O)(O)OCC[N+](C)(C)C)C(O)CCCCCCCCC. The Kier molecular flexibility index (Phi) is 49.7. The minimum atomic E-state index is -4.31. The van der Waals surface area contributed by atoms with Gasteiger partial charge in [0.1, 0.15) is 13.2 Å². The Morgan fingerprint density at radius 3 is 1.22 bits per heavy atom. The molecule has 0 bridgehead atoms. The van der Waals surface area contributed by atoms with Crippen molar-refractivity contribution >= 4 is 13.7 Å². The molecule has 0 aliphatic heterocycles. The number of carbonyl (C=O) groups is 1. The zero-order valence-electron chi connectivity index (χ0n) is 45.9. The van der Waals surface area contributed by atoms with Crippen LogP contribution in [0.3, 0.4) is 0 Å². The maximum absolute atomic E-state index is 12.9. The van der Waals surface area contributed by atoms with Gasteiger partial charge in [-0.25, -0.2) is 4.57 Å². The highest BCUT2D eigenvalue weighted by Gasteiger charge is 2.28. The molecular weight excluding hydrogens is 864 g/mol. The largest absolute Gasteiger partial charge is 0.472 e. The molecule has 68 heavy (non-hydrogen) atoms. The summed E-state index contributed by atoms with van der Waals surface area (Å²) < 4.78 is 23.6. The summed E-state index contributed by atoms with van der Waals surface area (Å²) in [5.74, 6) is -0.144. The lowest BCUT2D eigenvalue weighted by atomic mass is 10.0. The van der Waals surface area contributed by atoms with Gasteiger partial charge < -0.3 is 19.8 Å². The van der Waals surface area contributed by atoms with Crippen LogP contribution in [0, 0.1) is 0 Å². The number of rotatable bonds is 54. The number of quaternary nitrogens is 1. The van der Waals surface area contributed by atoms with E-state index in [0.29, 0.717) is 23.9 Å². The zero-order chi connectivity index (χ0) is 49.9. The first kappa shape index (κ1) is 66.7. The Balaban J connectivity index is 3.73. The van der Waals surface area contributed by atoms with Gasteiger partial charge in [-0.3, -0.25) is 13.8 Å². The van der Waals surface area contributed by atoms with E-state index < -0.39 is 20.0 Å². The molecule has 0 heterocycles. The number of aliphatic hydroxyl groups is 1. The fourth-order valence-corrected chi connectivity index (χ4v) is 9.50. The fourth-order valence-electron chi connectivity index (χ4n) is 8.76. The fraction of sp³-hybridized carbons (Fsp3) is 0.881. The summed E-state index contributed by atoms with van der Waals surface area (Å²) in [6, 6.07) is -0.755. The molecule has 8 nitrogen and oxygen atoms in total. The normalized spacial score (nSPS) is 14.2. The van der Waals surface area contributed by atoms with Gasteiger partial charge in [0.25, 0.3) is 0 Å². The first-order valence-corrected chi connectivity index (χ1v) is 30.8. The summed E-state index contributed by atoms with van der Waals surface area (Å²) in [6.07, 6.45) is 65.5. The van der Waals surface area contributed by atoms with Crippen molar-refractivity contribution < 1.29 is 32.9 Å². The zero-order valence-corrected chi connectivity index (χ0v) is 46.8. The molecule has 3 unspecified atom stereocenters. The van der Waals surface area contributed by atoms with Crippen molar-refractivity contribution in [1.29, 1.82) is 0 Å². The number of nitrogens with zero attached hydrogens (tertiary/aromatic N) is 1. The first-order chi connectivity index (χ1) is 33.0. The monoisotopic (exact) mass is 980 g/mol. The van der Waals surface area contributed by atoms with E-state index in [0.717, 1.165) is 51.4 Å². The van der Waals surface area contributed by atoms with Crippen LogP contribution in [0.2, 0.25) is 0 Å². The lowest BCUT2D eigenvalue weighted by molar-refractivity contribution is -0.870. The number of phosphoric acid groups is 1. The molecule has 0 saturated carbocycles. The van der Waals surface area contributed by atoms with Gasteiger partial charge in [-0.2, -0.15) is 0 Å². The molecule has 402 valence electrons. The van der Waals surface area contributed by atoms with Gasteiger partial charge in [0, 0.05) is 6.42 Å². The second-order valence-electron chi connectivity index (χ2n) is 21.4.